The zero-order valence-corrected chi connectivity index (χ0v) is 13.4. The van der Waals surface area contributed by atoms with Crippen LogP contribution in [0.1, 0.15) is 32.9 Å². The molecule has 0 aliphatic heterocycles. The minimum absolute atomic E-state index is 0.180. The Hall–Kier alpha value is -1.14. The molecule has 0 spiro atoms. The summed E-state index contributed by atoms with van der Waals surface area (Å²) < 4.78 is 21.8. The summed E-state index contributed by atoms with van der Waals surface area (Å²) in [6.45, 7) is 5.68. The van der Waals surface area contributed by atoms with Crippen molar-refractivity contribution in [3.8, 4) is 5.75 Å². The minimum atomic E-state index is -0.759. The SMILES string of the molecule is CCOc1c(Br)cn2cc(CCC(C)(C)O)nc2c1F. The van der Waals surface area contributed by atoms with Crippen molar-refractivity contribution in [3.05, 3.63) is 28.4 Å². The highest BCUT2D eigenvalue weighted by molar-refractivity contribution is 9.10. The molecule has 0 unspecified atom stereocenters. The van der Waals surface area contributed by atoms with Gasteiger partial charge in [0.25, 0.3) is 0 Å². The van der Waals surface area contributed by atoms with Gasteiger partial charge in [-0.05, 0) is 49.5 Å². The molecule has 0 bridgehead atoms. The van der Waals surface area contributed by atoms with Crippen LogP contribution in [0.2, 0.25) is 0 Å². The van der Waals surface area contributed by atoms with E-state index >= 15 is 0 Å². The molecule has 0 amide bonds. The number of aryl methyl sites for hydroxylation is 1. The largest absolute Gasteiger partial charge is 0.489 e. The lowest BCUT2D eigenvalue weighted by molar-refractivity contribution is 0.0711. The van der Waals surface area contributed by atoms with Gasteiger partial charge >= 0.3 is 0 Å². The Labute approximate surface area is 125 Å². The van der Waals surface area contributed by atoms with Crippen LogP contribution >= 0.6 is 15.9 Å². The third-order valence-electron chi connectivity index (χ3n) is 2.93. The standard InChI is InChI=1S/C14H18BrFN2O2/c1-4-20-12-10(15)8-18-7-9(5-6-14(2,3)19)17-13(18)11(12)16/h7-8,19H,4-6H2,1-3H3. The van der Waals surface area contributed by atoms with Crippen LogP contribution in [-0.2, 0) is 6.42 Å². The molecule has 0 fully saturated rings. The first-order valence-corrected chi connectivity index (χ1v) is 7.32. The second-order valence-electron chi connectivity index (χ2n) is 5.33. The Morgan fingerprint density at radius 2 is 2.15 bits per heavy atom. The van der Waals surface area contributed by atoms with Crippen LogP contribution in [0, 0.1) is 5.82 Å². The monoisotopic (exact) mass is 344 g/mol. The maximum atomic E-state index is 14.3. The zero-order chi connectivity index (χ0) is 14.9. The summed E-state index contributed by atoms with van der Waals surface area (Å²) in [5, 5.41) is 9.73. The van der Waals surface area contributed by atoms with Crippen LogP contribution in [0.4, 0.5) is 4.39 Å². The van der Waals surface area contributed by atoms with Crippen LogP contribution in [0.3, 0.4) is 0 Å². The van der Waals surface area contributed by atoms with Gasteiger partial charge in [0.2, 0.25) is 5.82 Å². The first-order chi connectivity index (χ1) is 9.31. The predicted molar refractivity (Wildman–Crippen MR) is 78.6 cm³/mol. The van der Waals surface area contributed by atoms with Gasteiger partial charge in [0, 0.05) is 12.4 Å². The molecule has 0 aliphatic rings. The van der Waals surface area contributed by atoms with Gasteiger partial charge in [-0.15, -0.1) is 0 Å². The molecule has 0 saturated carbocycles. The van der Waals surface area contributed by atoms with Gasteiger partial charge < -0.3 is 14.2 Å². The van der Waals surface area contributed by atoms with Gasteiger partial charge in [0.15, 0.2) is 11.4 Å². The number of imidazole rings is 1. The fourth-order valence-electron chi connectivity index (χ4n) is 1.92. The number of nitrogens with zero attached hydrogens (tertiary/aromatic N) is 2. The van der Waals surface area contributed by atoms with Crippen LogP contribution in [0.25, 0.3) is 5.65 Å². The topological polar surface area (TPSA) is 46.8 Å². The van der Waals surface area contributed by atoms with E-state index in [1.807, 2.05) is 0 Å². The van der Waals surface area contributed by atoms with E-state index in [1.165, 1.54) is 0 Å². The summed E-state index contributed by atoms with van der Waals surface area (Å²) in [6, 6.07) is 0. The predicted octanol–water partition coefficient (Wildman–Crippen LogP) is 3.34. The number of halogens is 2. The number of aromatic nitrogens is 2. The Bertz CT molecular complexity index is 620. The summed E-state index contributed by atoms with van der Waals surface area (Å²) in [4.78, 5) is 4.28. The second-order valence-corrected chi connectivity index (χ2v) is 6.18. The van der Waals surface area contributed by atoms with Crippen molar-refractivity contribution in [1.29, 1.82) is 0 Å². The molecule has 110 valence electrons. The molecular formula is C14H18BrFN2O2. The third-order valence-corrected chi connectivity index (χ3v) is 3.49. The van der Waals surface area contributed by atoms with Crippen LogP contribution in [0.15, 0.2) is 16.9 Å². The van der Waals surface area contributed by atoms with Crippen LogP contribution in [-0.4, -0.2) is 26.7 Å². The lowest BCUT2D eigenvalue weighted by atomic mass is 10.0. The molecule has 6 heteroatoms. The third kappa shape index (κ3) is 3.30. The van der Waals surface area contributed by atoms with E-state index in [4.69, 9.17) is 4.74 Å². The summed E-state index contributed by atoms with van der Waals surface area (Å²) in [5.74, 6) is -0.296. The van der Waals surface area contributed by atoms with Gasteiger partial charge in [0.05, 0.1) is 22.4 Å². The molecule has 0 aromatic carbocycles. The molecule has 2 rings (SSSR count). The highest BCUT2D eigenvalue weighted by Gasteiger charge is 2.18. The molecule has 4 nitrogen and oxygen atoms in total. The Balaban J connectivity index is 2.36. The summed E-state index contributed by atoms with van der Waals surface area (Å²) in [6.07, 6.45) is 4.65. The number of hydrogen-bond donors (Lipinski definition) is 1. The van der Waals surface area contributed by atoms with E-state index in [1.54, 1.807) is 37.6 Å². The second kappa shape index (κ2) is 5.69. The molecule has 2 heterocycles. The van der Waals surface area contributed by atoms with Crippen molar-refractivity contribution in [1.82, 2.24) is 9.38 Å². The molecule has 20 heavy (non-hydrogen) atoms. The number of ether oxygens (including phenoxy) is 1. The molecule has 2 aromatic heterocycles. The van der Waals surface area contributed by atoms with E-state index < -0.39 is 11.4 Å². The van der Waals surface area contributed by atoms with Crippen molar-refractivity contribution >= 4 is 21.6 Å². The zero-order valence-electron chi connectivity index (χ0n) is 11.8. The first-order valence-electron chi connectivity index (χ1n) is 6.52. The van der Waals surface area contributed by atoms with Crippen molar-refractivity contribution < 1.29 is 14.2 Å². The summed E-state index contributed by atoms with van der Waals surface area (Å²) in [7, 11) is 0. The number of pyridine rings is 1. The van der Waals surface area contributed by atoms with Gasteiger partial charge in [-0.2, -0.15) is 4.39 Å². The van der Waals surface area contributed by atoms with Gasteiger partial charge in [0.1, 0.15) is 0 Å². The van der Waals surface area contributed by atoms with Crippen molar-refractivity contribution in [2.24, 2.45) is 0 Å². The molecule has 0 atom stereocenters. The molecular weight excluding hydrogens is 327 g/mol. The smallest absolute Gasteiger partial charge is 0.209 e. The molecule has 2 aromatic rings. The minimum Gasteiger partial charge on any atom is -0.489 e. The first kappa shape index (κ1) is 15.3. The van der Waals surface area contributed by atoms with Gasteiger partial charge in [-0.25, -0.2) is 4.98 Å². The van der Waals surface area contributed by atoms with E-state index in [9.17, 15) is 9.50 Å². The lowest BCUT2D eigenvalue weighted by Crippen LogP contribution is -2.19. The van der Waals surface area contributed by atoms with Crippen LogP contribution < -0.4 is 4.74 Å². The maximum Gasteiger partial charge on any atom is 0.209 e. The lowest BCUT2D eigenvalue weighted by Gasteiger charge is -2.15. The Morgan fingerprint density at radius 1 is 1.45 bits per heavy atom. The van der Waals surface area contributed by atoms with Gasteiger partial charge in [-0.1, -0.05) is 0 Å². The normalized spacial score (nSPS) is 12.1. The fraction of sp³-hybridized carbons (Fsp3) is 0.500. The Kier molecular flexibility index (Phi) is 4.34. The molecule has 0 aliphatic carbocycles. The quantitative estimate of drug-likeness (QED) is 0.904. The number of fused-ring (bicyclic) bond motifs is 1. The Morgan fingerprint density at radius 3 is 2.75 bits per heavy atom. The highest BCUT2D eigenvalue weighted by atomic mass is 79.9. The van der Waals surface area contributed by atoms with Gasteiger partial charge in [-0.3, -0.25) is 0 Å². The maximum absolute atomic E-state index is 14.3. The number of rotatable bonds is 5. The highest BCUT2D eigenvalue weighted by Crippen LogP contribution is 2.31. The summed E-state index contributed by atoms with van der Waals surface area (Å²) in [5.41, 5.74) is 0.222. The molecule has 0 radical (unpaired) electrons. The summed E-state index contributed by atoms with van der Waals surface area (Å²) >= 11 is 3.30. The number of hydrogen-bond acceptors (Lipinski definition) is 3. The van der Waals surface area contributed by atoms with E-state index in [-0.39, 0.29) is 11.4 Å². The van der Waals surface area contributed by atoms with E-state index in [2.05, 4.69) is 20.9 Å². The van der Waals surface area contributed by atoms with Crippen molar-refractivity contribution in [2.75, 3.05) is 6.61 Å². The van der Waals surface area contributed by atoms with Crippen molar-refractivity contribution in [2.45, 2.75) is 39.2 Å². The van der Waals surface area contributed by atoms with E-state index in [0.29, 0.717) is 23.9 Å². The fourth-order valence-corrected chi connectivity index (χ4v) is 2.43. The van der Waals surface area contributed by atoms with Crippen molar-refractivity contribution in [3.63, 3.8) is 0 Å². The van der Waals surface area contributed by atoms with Crippen LogP contribution in [0.5, 0.6) is 5.75 Å². The average Bonchev–Trinajstić information content (AvgIpc) is 2.74. The molecule has 1 N–H and O–H groups in total. The number of aliphatic hydroxyl groups is 1. The van der Waals surface area contributed by atoms with E-state index in [0.717, 1.165) is 5.69 Å². The average molecular weight is 345 g/mol. The molecule has 0 saturated heterocycles.